The molecule has 3 rings (SSSR count). The van der Waals surface area contributed by atoms with Crippen molar-refractivity contribution < 1.29 is 0 Å². The molecule has 2 heterocycles. The summed E-state index contributed by atoms with van der Waals surface area (Å²) in [5.74, 6) is 0.850. The van der Waals surface area contributed by atoms with Crippen molar-refractivity contribution in [2.45, 2.75) is 25.8 Å². The maximum atomic E-state index is 3.45. The fourth-order valence-corrected chi connectivity index (χ4v) is 3.80. The van der Waals surface area contributed by atoms with E-state index in [0.29, 0.717) is 6.04 Å². The second-order valence-electron chi connectivity index (χ2n) is 6.64. The third-order valence-corrected chi connectivity index (χ3v) is 5.11. The number of nitrogens with zero attached hydrogens (tertiary/aromatic N) is 2. The molecule has 1 unspecified atom stereocenters. The van der Waals surface area contributed by atoms with Gasteiger partial charge in [-0.05, 0) is 37.8 Å². The van der Waals surface area contributed by atoms with Crippen LogP contribution in [0, 0.1) is 5.92 Å². The van der Waals surface area contributed by atoms with Crippen molar-refractivity contribution in [1.29, 1.82) is 0 Å². The molecule has 1 aromatic carbocycles. The van der Waals surface area contributed by atoms with Crippen molar-refractivity contribution >= 4 is 0 Å². The molecule has 2 saturated heterocycles. The second-order valence-corrected chi connectivity index (χ2v) is 6.64. The topological polar surface area (TPSA) is 18.5 Å². The summed E-state index contributed by atoms with van der Waals surface area (Å²) in [6.45, 7) is 11.0. The highest BCUT2D eigenvalue weighted by Crippen LogP contribution is 2.26. The molecular weight excluding hydrogens is 258 g/mol. The van der Waals surface area contributed by atoms with Crippen molar-refractivity contribution in [2.75, 3.05) is 45.8 Å². The van der Waals surface area contributed by atoms with Crippen LogP contribution in [-0.4, -0.2) is 55.6 Å². The predicted octanol–water partition coefficient (Wildman–Crippen LogP) is 2.36. The number of hydrogen-bond donors (Lipinski definition) is 1. The molecule has 0 amide bonds. The van der Waals surface area contributed by atoms with Gasteiger partial charge in [-0.25, -0.2) is 0 Å². The second kappa shape index (κ2) is 7.39. The summed E-state index contributed by atoms with van der Waals surface area (Å²) in [4.78, 5) is 5.34. The smallest absolute Gasteiger partial charge is 0.0320 e. The average Bonchev–Trinajstić information content (AvgIpc) is 2.56. The zero-order valence-corrected chi connectivity index (χ0v) is 13.3. The van der Waals surface area contributed by atoms with Crippen LogP contribution in [0.1, 0.15) is 31.4 Å². The van der Waals surface area contributed by atoms with Crippen molar-refractivity contribution in [2.24, 2.45) is 5.92 Å². The van der Waals surface area contributed by atoms with E-state index in [1.54, 1.807) is 0 Å². The summed E-state index contributed by atoms with van der Waals surface area (Å²) in [7, 11) is 0. The Labute approximate surface area is 129 Å². The van der Waals surface area contributed by atoms with Gasteiger partial charge in [-0.3, -0.25) is 4.90 Å². The van der Waals surface area contributed by atoms with Gasteiger partial charge in [0.1, 0.15) is 0 Å². The Morgan fingerprint density at radius 1 is 1.14 bits per heavy atom. The predicted molar refractivity (Wildman–Crippen MR) is 88.5 cm³/mol. The molecule has 0 saturated carbocycles. The van der Waals surface area contributed by atoms with E-state index < -0.39 is 0 Å². The van der Waals surface area contributed by atoms with Gasteiger partial charge in [0.25, 0.3) is 0 Å². The molecule has 2 aliphatic rings. The van der Waals surface area contributed by atoms with Gasteiger partial charge in [-0.2, -0.15) is 0 Å². The minimum Gasteiger partial charge on any atom is -0.314 e. The van der Waals surface area contributed by atoms with E-state index in [-0.39, 0.29) is 0 Å². The first-order chi connectivity index (χ1) is 10.3. The number of piperazine rings is 1. The Hall–Kier alpha value is -0.900. The lowest BCUT2D eigenvalue weighted by Gasteiger charge is -2.39. The number of nitrogens with one attached hydrogen (secondary N) is 1. The van der Waals surface area contributed by atoms with Crippen LogP contribution in [-0.2, 0) is 0 Å². The van der Waals surface area contributed by atoms with Crippen molar-refractivity contribution in [3.05, 3.63) is 35.9 Å². The van der Waals surface area contributed by atoms with Gasteiger partial charge in [0.15, 0.2) is 0 Å². The first kappa shape index (κ1) is 15.0. The average molecular weight is 287 g/mol. The molecule has 3 nitrogen and oxygen atoms in total. The molecule has 1 aromatic rings. The Balaban J connectivity index is 1.55. The van der Waals surface area contributed by atoms with Gasteiger partial charge in [-0.15, -0.1) is 0 Å². The van der Waals surface area contributed by atoms with Crippen molar-refractivity contribution in [3.63, 3.8) is 0 Å². The van der Waals surface area contributed by atoms with Gasteiger partial charge in [0, 0.05) is 45.3 Å². The lowest BCUT2D eigenvalue weighted by molar-refractivity contribution is 0.0996. The normalized spacial score (nSPS) is 26.6. The fraction of sp³-hybridized carbons (Fsp3) is 0.667. The maximum absolute atomic E-state index is 3.45. The third-order valence-electron chi connectivity index (χ3n) is 5.11. The molecule has 2 aliphatic heterocycles. The highest BCUT2D eigenvalue weighted by atomic mass is 15.2. The molecule has 0 aliphatic carbocycles. The van der Waals surface area contributed by atoms with Crippen molar-refractivity contribution in [1.82, 2.24) is 15.1 Å². The first-order valence-corrected chi connectivity index (χ1v) is 8.55. The summed E-state index contributed by atoms with van der Waals surface area (Å²) in [5, 5.41) is 3.45. The van der Waals surface area contributed by atoms with Crippen LogP contribution in [0.25, 0.3) is 0 Å². The number of rotatable bonds is 4. The zero-order chi connectivity index (χ0) is 14.5. The molecule has 3 heteroatoms. The highest BCUT2D eigenvalue weighted by Gasteiger charge is 2.26. The molecule has 0 bridgehead atoms. The molecule has 0 spiro atoms. The van der Waals surface area contributed by atoms with E-state index >= 15 is 0 Å². The molecular formula is C18H29N3. The standard InChI is InChI=1S/C18H29N3/c1-16(18-7-3-2-4-8-18)21-11-5-6-17(15-21)14-20-12-9-19-10-13-20/h2-4,7-8,16-17,19H,5-6,9-15H2,1H3/t16-,17?/m1/s1. The number of likely N-dealkylation sites (tertiary alicyclic amines) is 1. The molecule has 1 N–H and O–H groups in total. The lowest BCUT2D eigenvalue weighted by atomic mass is 9.94. The Morgan fingerprint density at radius 2 is 1.90 bits per heavy atom. The van der Waals surface area contributed by atoms with Crippen LogP contribution in [0.2, 0.25) is 0 Å². The quantitative estimate of drug-likeness (QED) is 0.917. The van der Waals surface area contributed by atoms with Gasteiger partial charge in [0.05, 0.1) is 0 Å². The van der Waals surface area contributed by atoms with E-state index in [2.05, 4.69) is 52.4 Å². The fourth-order valence-electron chi connectivity index (χ4n) is 3.80. The van der Waals surface area contributed by atoms with Crippen LogP contribution >= 0.6 is 0 Å². The van der Waals surface area contributed by atoms with E-state index in [1.165, 1.54) is 51.1 Å². The van der Waals surface area contributed by atoms with Crippen LogP contribution in [0.5, 0.6) is 0 Å². The summed E-state index contributed by atoms with van der Waals surface area (Å²) in [6, 6.07) is 11.5. The summed E-state index contributed by atoms with van der Waals surface area (Å²) in [5.41, 5.74) is 1.46. The van der Waals surface area contributed by atoms with Gasteiger partial charge < -0.3 is 10.2 Å². The SMILES string of the molecule is C[C@H](c1ccccc1)N1CCCC(CN2CCNCC2)C1. The van der Waals surface area contributed by atoms with E-state index in [4.69, 9.17) is 0 Å². The van der Waals surface area contributed by atoms with Crippen molar-refractivity contribution in [3.8, 4) is 0 Å². The van der Waals surface area contributed by atoms with Crippen LogP contribution in [0.15, 0.2) is 30.3 Å². The molecule has 2 atom stereocenters. The molecule has 21 heavy (non-hydrogen) atoms. The van der Waals surface area contributed by atoms with Crippen LogP contribution in [0.4, 0.5) is 0 Å². The number of piperidine rings is 1. The lowest BCUT2D eigenvalue weighted by Crippen LogP contribution is -2.48. The summed E-state index contributed by atoms with van der Waals surface area (Å²) in [6.07, 6.45) is 2.76. The Kier molecular flexibility index (Phi) is 5.28. The minimum absolute atomic E-state index is 0.553. The van der Waals surface area contributed by atoms with Crippen LogP contribution < -0.4 is 5.32 Å². The van der Waals surface area contributed by atoms with E-state index in [0.717, 1.165) is 19.0 Å². The third kappa shape index (κ3) is 4.06. The summed E-state index contributed by atoms with van der Waals surface area (Å²) < 4.78 is 0. The maximum Gasteiger partial charge on any atom is 0.0320 e. The Morgan fingerprint density at radius 3 is 2.67 bits per heavy atom. The summed E-state index contributed by atoms with van der Waals surface area (Å²) >= 11 is 0. The molecule has 0 radical (unpaired) electrons. The molecule has 0 aromatic heterocycles. The number of hydrogen-bond acceptors (Lipinski definition) is 3. The zero-order valence-electron chi connectivity index (χ0n) is 13.3. The first-order valence-electron chi connectivity index (χ1n) is 8.55. The van der Waals surface area contributed by atoms with Gasteiger partial charge in [-0.1, -0.05) is 30.3 Å². The van der Waals surface area contributed by atoms with Gasteiger partial charge in [0.2, 0.25) is 0 Å². The van der Waals surface area contributed by atoms with Gasteiger partial charge >= 0.3 is 0 Å². The number of benzene rings is 1. The Bertz CT molecular complexity index is 414. The van der Waals surface area contributed by atoms with E-state index in [1.807, 2.05) is 0 Å². The molecule has 2 fully saturated rings. The minimum atomic E-state index is 0.553. The highest BCUT2D eigenvalue weighted by molar-refractivity contribution is 5.18. The monoisotopic (exact) mass is 287 g/mol. The van der Waals surface area contributed by atoms with E-state index in [9.17, 15) is 0 Å². The van der Waals surface area contributed by atoms with Crippen LogP contribution in [0.3, 0.4) is 0 Å². The molecule has 116 valence electrons. The largest absolute Gasteiger partial charge is 0.314 e.